The first-order chi connectivity index (χ1) is 11.3. The van der Waals surface area contributed by atoms with E-state index in [1.54, 1.807) is 0 Å². The molecule has 4 heteroatoms. The largest absolute Gasteiger partial charge is 0.373 e. The van der Waals surface area contributed by atoms with Gasteiger partial charge < -0.3 is 10.2 Å². The van der Waals surface area contributed by atoms with Crippen LogP contribution in [-0.4, -0.2) is 29.4 Å². The molecule has 2 bridgehead atoms. The normalized spacial score (nSPS) is 33.2. The summed E-state index contributed by atoms with van der Waals surface area (Å²) in [7, 11) is 0. The summed E-state index contributed by atoms with van der Waals surface area (Å²) in [6.07, 6.45) is 11.1. The molecule has 0 radical (unpaired) electrons. The second kappa shape index (κ2) is 6.43. The summed E-state index contributed by atoms with van der Waals surface area (Å²) in [4.78, 5) is 14.8. The summed E-state index contributed by atoms with van der Waals surface area (Å²) in [5.41, 5.74) is 0.926. The van der Waals surface area contributed by atoms with Crippen molar-refractivity contribution in [3.05, 3.63) is 11.8 Å². The summed E-state index contributed by atoms with van der Waals surface area (Å²) >= 11 is 0. The van der Waals surface area contributed by atoms with Crippen LogP contribution >= 0.6 is 0 Å². The lowest BCUT2D eigenvalue weighted by Crippen LogP contribution is -2.37. The predicted octanol–water partition coefficient (Wildman–Crippen LogP) is 3.74. The molecular formula is C20H31N3O. The Kier molecular flexibility index (Phi) is 4.64. The summed E-state index contributed by atoms with van der Waals surface area (Å²) in [5, 5.41) is 12.6. The fraction of sp³-hybridized carbons (Fsp3) is 0.800. The van der Waals surface area contributed by atoms with Crippen LogP contribution in [0.15, 0.2) is 11.8 Å². The van der Waals surface area contributed by atoms with E-state index in [2.05, 4.69) is 37.1 Å². The maximum Gasteiger partial charge on any atom is 0.263 e. The van der Waals surface area contributed by atoms with Crippen LogP contribution in [0.2, 0.25) is 0 Å². The van der Waals surface area contributed by atoms with Gasteiger partial charge in [-0.15, -0.1) is 0 Å². The highest BCUT2D eigenvalue weighted by atomic mass is 16.1. The number of carbonyl (C=O) groups excluding carboxylic acids is 1. The number of fused-ring (bicyclic) bond motifs is 2. The van der Waals surface area contributed by atoms with Gasteiger partial charge in [-0.3, -0.25) is 4.79 Å². The van der Waals surface area contributed by atoms with Crippen LogP contribution in [0.5, 0.6) is 0 Å². The topological polar surface area (TPSA) is 56.1 Å². The Labute approximate surface area is 146 Å². The molecule has 1 saturated heterocycles. The van der Waals surface area contributed by atoms with E-state index in [0.29, 0.717) is 16.9 Å². The van der Waals surface area contributed by atoms with Crippen LogP contribution in [0.4, 0.5) is 0 Å². The first kappa shape index (κ1) is 17.3. The first-order valence-corrected chi connectivity index (χ1v) is 9.49. The number of hydrogen-bond donors (Lipinski definition) is 1. The highest BCUT2D eigenvalue weighted by molar-refractivity contribution is 5.97. The quantitative estimate of drug-likeness (QED) is 0.634. The van der Waals surface area contributed by atoms with E-state index in [9.17, 15) is 10.1 Å². The van der Waals surface area contributed by atoms with Crippen LogP contribution < -0.4 is 5.32 Å². The number of nitrogens with one attached hydrogen (secondary N) is 1. The molecule has 24 heavy (non-hydrogen) atoms. The van der Waals surface area contributed by atoms with Gasteiger partial charge in [0, 0.05) is 24.8 Å². The average molecular weight is 329 g/mol. The molecule has 1 N–H and O–H groups in total. The number of nitriles is 1. The molecule has 0 spiro atoms. The Morgan fingerprint density at radius 3 is 2.58 bits per heavy atom. The van der Waals surface area contributed by atoms with Gasteiger partial charge in [-0.2, -0.15) is 5.26 Å². The number of nitrogens with zero attached hydrogens (tertiary/aromatic N) is 2. The van der Waals surface area contributed by atoms with E-state index in [1.807, 2.05) is 6.20 Å². The molecule has 2 unspecified atom stereocenters. The third-order valence-electron chi connectivity index (χ3n) is 6.06. The molecule has 1 amide bonds. The molecule has 2 atom stereocenters. The van der Waals surface area contributed by atoms with Crippen molar-refractivity contribution in [3.8, 4) is 6.07 Å². The monoisotopic (exact) mass is 329 g/mol. The number of carbonyl (C=O) groups is 1. The average Bonchev–Trinajstić information content (AvgIpc) is 2.74. The number of rotatable bonds is 3. The van der Waals surface area contributed by atoms with E-state index in [1.165, 1.54) is 32.1 Å². The number of amides is 1. The maximum atomic E-state index is 12.5. The van der Waals surface area contributed by atoms with E-state index in [-0.39, 0.29) is 17.5 Å². The molecule has 3 rings (SSSR count). The molecule has 4 nitrogen and oxygen atoms in total. The Morgan fingerprint density at radius 2 is 1.92 bits per heavy atom. The third kappa shape index (κ3) is 3.77. The van der Waals surface area contributed by atoms with Gasteiger partial charge >= 0.3 is 0 Å². The Hall–Kier alpha value is -1.50. The van der Waals surface area contributed by atoms with E-state index < -0.39 is 0 Å². The standard InChI is InChI=1S/C20H31N3O/c1-19(2)9-17-10-20(3,13-19)14-23(17)12-15(11-21)18(24)22-16-7-5-4-6-8-16/h12,16-17H,4-10,13-14H2,1-3H3,(H,22,24)/b15-12-. The predicted molar refractivity (Wildman–Crippen MR) is 94.9 cm³/mol. The van der Waals surface area contributed by atoms with Crippen molar-refractivity contribution in [3.63, 3.8) is 0 Å². The van der Waals surface area contributed by atoms with Gasteiger partial charge in [-0.1, -0.05) is 40.0 Å². The number of hydrogen-bond acceptors (Lipinski definition) is 3. The zero-order valence-corrected chi connectivity index (χ0v) is 15.4. The molecule has 132 valence electrons. The van der Waals surface area contributed by atoms with Gasteiger partial charge in [0.2, 0.25) is 0 Å². The van der Waals surface area contributed by atoms with Crippen molar-refractivity contribution in [1.82, 2.24) is 10.2 Å². The smallest absolute Gasteiger partial charge is 0.263 e. The van der Waals surface area contributed by atoms with Crippen LogP contribution in [0.3, 0.4) is 0 Å². The zero-order valence-electron chi connectivity index (χ0n) is 15.4. The summed E-state index contributed by atoms with van der Waals surface area (Å²) in [6.45, 7) is 7.99. The van der Waals surface area contributed by atoms with E-state index >= 15 is 0 Å². The van der Waals surface area contributed by atoms with Crippen molar-refractivity contribution in [2.45, 2.75) is 84.2 Å². The van der Waals surface area contributed by atoms with Gasteiger partial charge in [-0.05, 0) is 42.9 Å². The summed E-state index contributed by atoms with van der Waals surface area (Å²) in [6, 6.07) is 2.85. The molecule has 0 aromatic heterocycles. The first-order valence-electron chi connectivity index (χ1n) is 9.49. The Morgan fingerprint density at radius 1 is 1.21 bits per heavy atom. The molecule has 2 aliphatic carbocycles. The molecule has 1 heterocycles. The fourth-order valence-corrected chi connectivity index (χ4v) is 5.47. The molecule has 2 saturated carbocycles. The van der Waals surface area contributed by atoms with E-state index in [0.717, 1.165) is 25.8 Å². The summed E-state index contributed by atoms with van der Waals surface area (Å²) in [5.74, 6) is -0.185. The molecule has 0 aromatic rings. The minimum Gasteiger partial charge on any atom is -0.373 e. The van der Waals surface area contributed by atoms with Crippen molar-refractivity contribution in [1.29, 1.82) is 5.26 Å². The minimum atomic E-state index is -0.185. The van der Waals surface area contributed by atoms with Gasteiger partial charge in [0.25, 0.3) is 5.91 Å². The highest BCUT2D eigenvalue weighted by Gasteiger charge is 2.48. The minimum absolute atomic E-state index is 0.185. The van der Waals surface area contributed by atoms with Crippen molar-refractivity contribution < 1.29 is 4.79 Å². The molecule has 1 aliphatic heterocycles. The second-order valence-electron chi connectivity index (χ2n) is 9.35. The molecular weight excluding hydrogens is 298 g/mol. The SMILES string of the molecule is CC1(C)CC2CC(C)(CN2/C=C(/C#N)C(=O)NC2CCCCC2)C1. The molecule has 3 fully saturated rings. The van der Waals surface area contributed by atoms with E-state index in [4.69, 9.17) is 0 Å². The fourth-order valence-electron chi connectivity index (χ4n) is 5.47. The van der Waals surface area contributed by atoms with Crippen LogP contribution in [-0.2, 0) is 4.79 Å². The Balaban J connectivity index is 1.69. The number of likely N-dealkylation sites (tertiary alicyclic amines) is 1. The lowest BCUT2D eigenvalue weighted by atomic mass is 9.65. The van der Waals surface area contributed by atoms with Gasteiger partial charge in [0.15, 0.2) is 0 Å². The van der Waals surface area contributed by atoms with Gasteiger partial charge in [0.1, 0.15) is 11.6 Å². The molecule has 3 aliphatic rings. The molecule has 0 aromatic carbocycles. The van der Waals surface area contributed by atoms with Gasteiger partial charge in [0.05, 0.1) is 0 Å². The zero-order chi connectivity index (χ0) is 17.4. The lowest BCUT2D eigenvalue weighted by molar-refractivity contribution is -0.118. The van der Waals surface area contributed by atoms with Gasteiger partial charge in [-0.25, -0.2) is 0 Å². The highest BCUT2D eigenvalue weighted by Crippen LogP contribution is 2.52. The Bertz CT molecular complexity index is 568. The second-order valence-corrected chi connectivity index (χ2v) is 9.35. The third-order valence-corrected chi connectivity index (χ3v) is 6.06. The van der Waals surface area contributed by atoms with Crippen LogP contribution in [0.1, 0.15) is 72.1 Å². The van der Waals surface area contributed by atoms with Crippen LogP contribution in [0, 0.1) is 22.2 Å². The maximum absolute atomic E-state index is 12.5. The summed E-state index contributed by atoms with van der Waals surface area (Å²) < 4.78 is 0. The van der Waals surface area contributed by atoms with Crippen molar-refractivity contribution >= 4 is 5.91 Å². The van der Waals surface area contributed by atoms with Crippen molar-refractivity contribution in [2.75, 3.05) is 6.54 Å². The lowest BCUT2D eigenvalue weighted by Gasteiger charge is -2.39. The van der Waals surface area contributed by atoms with Crippen molar-refractivity contribution in [2.24, 2.45) is 10.8 Å². The van der Waals surface area contributed by atoms with Crippen LogP contribution in [0.25, 0.3) is 0 Å².